The van der Waals surface area contributed by atoms with Gasteiger partial charge < -0.3 is 5.11 Å². The molecule has 1 aromatic heterocycles. The molecule has 0 spiro atoms. The average Bonchev–Trinajstić information content (AvgIpc) is 2.39. The standard InChI is InChI=1S/C14H12ClNO2S/c1-9-4-5-11(7-12(9)14(17)18)19-8-10-3-2-6-16-13(10)15/h2-7H,8H2,1H3,(H,17,18). The summed E-state index contributed by atoms with van der Waals surface area (Å²) in [4.78, 5) is 16.0. The lowest BCUT2D eigenvalue weighted by molar-refractivity contribution is 0.0696. The molecule has 0 aliphatic carbocycles. The van der Waals surface area contributed by atoms with Crippen LogP contribution in [0.2, 0.25) is 5.15 Å². The number of rotatable bonds is 4. The summed E-state index contributed by atoms with van der Waals surface area (Å²) in [5, 5.41) is 9.57. The number of carboxylic acid groups (broad SMARTS) is 1. The van der Waals surface area contributed by atoms with E-state index in [1.165, 1.54) is 0 Å². The summed E-state index contributed by atoms with van der Waals surface area (Å²) >= 11 is 7.52. The monoisotopic (exact) mass is 293 g/mol. The molecule has 1 heterocycles. The van der Waals surface area contributed by atoms with Gasteiger partial charge in [-0.3, -0.25) is 0 Å². The van der Waals surface area contributed by atoms with Crippen molar-refractivity contribution in [2.45, 2.75) is 17.6 Å². The van der Waals surface area contributed by atoms with Crippen LogP contribution in [0.3, 0.4) is 0 Å². The van der Waals surface area contributed by atoms with Gasteiger partial charge in [0.05, 0.1) is 5.56 Å². The molecule has 1 N–H and O–H groups in total. The molecule has 2 aromatic rings. The molecule has 0 saturated heterocycles. The summed E-state index contributed by atoms with van der Waals surface area (Å²) in [6.45, 7) is 1.79. The molecule has 0 atom stereocenters. The fourth-order valence-electron chi connectivity index (χ4n) is 1.61. The minimum absolute atomic E-state index is 0.335. The van der Waals surface area contributed by atoms with Crippen LogP contribution in [0.15, 0.2) is 41.4 Å². The summed E-state index contributed by atoms with van der Waals surface area (Å²) < 4.78 is 0. The number of aromatic nitrogens is 1. The molecule has 3 nitrogen and oxygen atoms in total. The maximum absolute atomic E-state index is 11.1. The van der Waals surface area contributed by atoms with E-state index in [0.717, 1.165) is 16.0 Å². The molecule has 0 unspecified atom stereocenters. The zero-order valence-electron chi connectivity index (χ0n) is 10.3. The molecular formula is C14H12ClNO2S. The van der Waals surface area contributed by atoms with Crippen LogP contribution in [-0.4, -0.2) is 16.1 Å². The van der Waals surface area contributed by atoms with E-state index in [1.807, 2.05) is 24.3 Å². The fourth-order valence-corrected chi connectivity index (χ4v) is 2.80. The van der Waals surface area contributed by atoms with Crippen LogP contribution in [-0.2, 0) is 5.75 Å². The zero-order chi connectivity index (χ0) is 13.8. The Hall–Kier alpha value is -1.52. The van der Waals surface area contributed by atoms with Crippen LogP contribution in [0.5, 0.6) is 0 Å². The third-order valence-electron chi connectivity index (χ3n) is 2.67. The molecule has 2 rings (SSSR count). The van der Waals surface area contributed by atoms with E-state index >= 15 is 0 Å². The normalized spacial score (nSPS) is 10.4. The van der Waals surface area contributed by atoms with Gasteiger partial charge in [-0.05, 0) is 36.2 Å². The number of nitrogens with zero attached hydrogens (tertiary/aromatic N) is 1. The first kappa shape index (κ1) is 13.9. The number of aromatic carboxylic acids is 1. The average molecular weight is 294 g/mol. The van der Waals surface area contributed by atoms with Gasteiger partial charge in [-0.25, -0.2) is 9.78 Å². The molecule has 0 aliphatic heterocycles. The van der Waals surface area contributed by atoms with Crippen molar-refractivity contribution in [3.63, 3.8) is 0 Å². The van der Waals surface area contributed by atoms with Crippen LogP contribution >= 0.6 is 23.4 Å². The molecule has 0 bridgehead atoms. The Balaban J connectivity index is 2.14. The summed E-state index contributed by atoms with van der Waals surface area (Å²) in [5.41, 5.74) is 2.03. The van der Waals surface area contributed by atoms with Crippen molar-refractivity contribution >= 4 is 29.3 Å². The molecule has 0 fully saturated rings. The second-order valence-corrected chi connectivity index (χ2v) is 5.43. The molecule has 0 radical (unpaired) electrons. The van der Waals surface area contributed by atoms with Crippen molar-refractivity contribution < 1.29 is 9.90 Å². The van der Waals surface area contributed by atoms with Crippen molar-refractivity contribution in [2.24, 2.45) is 0 Å². The molecule has 98 valence electrons. The van der Waals surface area contributed by atoms with Crippen LogP contribution in [0, 0.1) is 6.92 Å². The molecule has 0 amide bonds. The number of hydrogen-bond donors (Lipinski definition) is 1. The summed E-state index contributed by atoms with van der Waals surface area (Å²) in [6.07, 6.45) is 1.64. The van der Waals surface area contributed by atoms with Gasteiger partial charge in [0.1, 0.15) is 5.15 Å². The number of benzene rings is 1. The van der Waals surface area contributed by atoms with E-state index in [0.29, 0.717) is 16.5 Å². The number of halogens is 1. The number of carboxylic acids is 1. The highest BCUT2D eigenvalue weighted by molar-refractivity contribution is 7.98. The lowest BCUT2D eigenvalue weighted by atomic mass is 10.1. The number of pyridine rings is 1. The van der Waals surface area contributed by atoms with Gasteiger partial charge >= 0.3 is 5.97 Å². The predicted octanol–water partition coefficient (Wildman–Crippen LogP) is 4.03. The van der Waals surface area contributed by atoms with Crippen molar-refractivity contribution in [1.82, 2.24) is 4.98 Å². The van der Waals surface area contributed by atoms with Crippen LogP contribution in [0.4, 0.5) is 0 Å². The maximum Gasteiger partial charge on any atom is 0.335 e. The first-order chi connectivity index (χ1) is 9.08. The number of thioether (sulfide) groups is 1. The number of hydrogen-bond acceptors (Lipinski definition) is 3. The SMILES string of the molecule is Cc1ccc(SCc2cccnc2Cl)cc1C(=O)O. The van der Waals surface area contributed by atoms with E-state index in [-0.39, 0.29) is 0 Å². The van der Waals surface area contributed by atoms with Gasteiger partial charge in [0, 0.05) is 16.8 Å². The summed E-state index contributed by atoms with van der Waals surface area (Å²) in [5.74, 6) is -0.242. The highest BCUT2D eigenvalue weighted by Gasteiger charge is 2.08. The summed E-state index contributed by atoms with van der Waals surface area (Å²) in [7, 11) is 0. The van der Waals surface area contributed by atoms with E-state index < -0.39 is 5.97 Å². The Bertz CT molecular complexity index is 616. The number of aryl methyl sites for hydroxylation is 1. The van der Waals surface area contributed by atoms with E-state index in [2.05, 4.69) is 4.98 Å². The van der Waals surface area contributed by atoms with Crippen molar-refractivity contribution in [1.29, 1.82) is 0 Å². The van der Waals surface area contributed by atoms with Crippen LogP contribution in [0.1, 0.15) is 21.5 Å². The van der Waals surface area contributed by atoms with Gasteiger partial charge in [0.2, 0.25) is 0 Å². The van der Waals surface area contributed by atoms with Crippen LogP contribution < -0.4 is 0 Å². The van der Waals surface area contributed by atoms with Gasteiger partial charge in [0.25, 0.3) is 0 Å². The highest BCUT2D eigenvalue weighted by atomic mass is 35.5. The highest BCUT2D eigenvalue weighted by Crippen LogP contribution is 2.27. The predicted molar refractivity (Wildman–Crippen MR) is 76.9 cm³/mol. The lowest BCUT2D eigenvalue weighted by Crippen LogP contribution is -1.99. The largest absolute Gasteiger partial charge is 0.478 e. The Morgan fingerprint density at radius 1 is 1.42 bits per heavy atom. The Labute approximate surface area is 120 Å². The second kappa shape index (κ2) is 6.08. The second-order valence-electron chi connectivity index (χ2n) is 4.02. The topological polar surface area (TPSA) is 50.2 Å². The Kier molecular flexibility index (Phi) is 4.45. The molecule has 0 aliphatic rings. The molecule has 1 aromatic carbocycles. The third kappa shape index (κ3) is 3.49. The van der Waals surface area contributed by atoms with E-state index in [9.17, 15) is 4.79 Å². The van der Waals surface area contributed by atoms with Gasteiger partial charge in [-0.2, -0.15) is 0 Å². The third-order valence-corrected chi connectivity index (χ3v) is 4.05. The molecule has 5 heteroatoms. The zero-order valence-corrected chi connectivity index (χ0v) is 11.8. The fraction of sp³-hybridized carbons (Fsp3) is 0.143. The van der Waals surface area contributed by atoms with Crippen molar-refractivity contribution in [3.05, 3.63) is 58.4 Å². The van der Waals surface area contributed by atoms with Crippen molar-refractivity contribution in [3.8, 4) is 0 Å². The minimum atomic E-state index is -0.903. The Morgan fingerprint density at radius 2 is 2.21 bits per heavy atom. The van der Waals surface area contributed by atoms with Gasteiger partial charge in [-0.15, -0.1) is 11.8 Å². The first-order valence-electron chi connectivity index (χ1n) is 5.64. The van der Waals surface area contributed by atoms with Crippen LogP contribution in [0.25, 0.3) is 0 Å². The summed E-state index contributed by atoms with van der Waals surface area (Å²) in [6, 6.07) is 9.16. The van der Waals surface area contributed by atoms with E-state index in [1.54, 1.807) is 30.9 Å². The molecular weight excluding hydrogens is 282 g/mol. The van der Waals surface area contributed by atoms with E-state index in [4.69, 9.17) is 16.7 Å². The van der Waals surface area contributed by atoms with Gasteiger partial charge in [-0.1, -0.05) is 23.7 Å². The molecule has 19 heavy (non-hydrogen) atoms. The Morgan fingerprint density at radius 3 is 2.89 bits per heavy atom. The lowest BCUT2D eigenvalue weighted by Gasteiger charge is -2.06. The molecule has 0 saturated carbocycles. The maximum atomic E-state index is 11.1. The first-order valence-corrected chi connectivity index (χ1v) is 7.00. The minimum Gasteiger partial charge on any atom is -0.478 e. The van der Waals surface area contributed by atoms with Gasteiger partial charge in [0.15, 0.2) is 0 Å². The quantitative estimate of drug-likeness (QED) is 0.683. The smallest absolute Gasteiger partial charge is 0.335 e. The number of carbonyl (C=O) groups is 1. The van der Waals surface area contributed by atoms with Crippen molar-refractivity contribution in [2.75, 3.05) is 0 Å².